The van der Waals surface area contributed by atoms with E-state index >= 15 is 0 Å². The van der Waals surface area contributed by atoms with Crippen LogP contribution in [-0.4, -0.2) is 16.9 Å². The smallest absolute Gasteiger partial charge is 0.309 e. The van der Waals surface area contributed by atoms with Crippen molar-refractivity contribution in [2.24, 2.45) is 11.8 Å². The molecule has 22 heavy (non-hydrogen) atoms. The van der Waals surface area contributed by atoms with E-state index in [-0.39, 0.29) is 36.0 Å². The Labute approximate surface area is 128 Å². The number of carbonyl (C=O) groups excluding carboxylic acids is 2. The highest BCUT2D eigenvalue weighted by atomic mass is 16.5. The summed E-state index contributed by atoms with van der Waals surface area (Å²) in [6.45, 7) is 0. The number of aromatic nitrogens is 1. The average Bonchev–Trinajstić information content (AvgIpc) is 3.36. The van der Waals surface area contributed by atoms with Crippen molar-refractivity contribution in [3.8, 4) is 0 Å². The fourth-order valence-electron chi connectivity index (χ4n) is 3.29. The zero-order chi connectivity index (χ0) is 14.8. The summed E-state index contributed by atoms with van der Waals surface area (Å²) in [5.41, 5.74) is 4.08. The quantitative estimate of drug-likeness (QED) is 0.797. The number of ether oxygens (including phenoxy) is 2. The predicted molar refractivity (Wildman–Crippen MR) is 74.8 cm³/mol. The first-order chi connectivity index (χ1) is 10.7. The van der Waals surface area contributed by atoms with E-state index in [2.05, 4.69) is 4.98 Å². The van der Waals surface area contributed by atoms with E-state index in [9.17, 15) is 9.59 Å². The van der Waals surface area contributed by atoms with Crippen LogP contribution in [0.5, 0.6) is 0 Å². The third-order valence-corrected chi connectivity index (χ3v) is 5.05. The van der Waals surface area contributed by atoms with Gasteiger partial charge in [-0.2, -0.15) is 0 Å². The van der Waals surface area contributed by atoms with Gasteiger partial charge in [0.15, 0.2) is 0 Å². The van der Waals surface area contributed by atoms with Crippen LogP contribution in [0.15, 0.2) is 6.07 Å². The minimum atomic E-state index is -0.242. The van der Waals surface area contributed by atoms with E-state index in [1.165, 1.54) is 5.56 Å². The van der Waals surface area contributed by atoms with Crippen molar-refractivity contribution in [2.45, 2.75) is 50.7 Å². The van der Waals surface area contributed by atoms with Crippen molar-refractivity contribution < 1.29 is 19.1 Å². The van der Waals surface area contributed by atoms with Crippen molar-refractivity contribution in [1.29, 1.82) is 0 Å². The molecule has 0 radical (unpaired) electrons. The minimum absolute atomic E-state index is 0.0634. The molecular formula is C17H17NO4. The molecule has 1 aromatic rings. The Morgan fingerprint density at radius 3 is 2.23 bits per heavy atom. The van der Waals surface area contributed by atoms with E-state index < -0.39 is 0 Å². The van der Waals surface area contributed by atoms with Gasteiger partial charge in [-0.05, 0) is 42.9 Å². The molecule has 3 aliphatic carbocycles. The van der Waals surface area contributed by atoms with Gasteiger partial charge in [-0.3, -0.25) is 14.6 Å². The van der Waals surface area contributed by atoms with Crippen LogP contribution in [0.2, 0.25) is 0 Å². The highest BCUT2D eigenvalue weighted by molar-refractivity contribution is 5.76. The average molecular weight is 299 g/mol. The Morgan fingerprint density at radius 1 is 0.955 bits per heavy atom. The molecule has 1 aliphatic heterocycles. The van der Waals surface area contributed by atoms with Gasteiger partial charge in [-0.25, -0.2) is 0 Å². The molecule has 2 fully saturated rings. The van der Waals surface area contributed by atoms with Crippen LogP contribution in [-0.2, 0) is 31.9 Å². The maximum Gasteiger partial charge on any atom is 0.309 e. The summed E-state index contributed by atoms with van der Waals surface area (Å²) in [7, 11) is 0. The van der Waals surface area contributed by atoms with Gasteiger partial charge in [0.05, 0.1) is 17.5 Å². The van der Waals surface area contributed by atoms with Gasteiger partial charge < -0.3 is 9.47 Å². The Morgan fingerprint density at radius 2 is 1.59 bits per heavy atom. The summed E-state index contributed by atoms with van der Waals surface area (Å²) in [5, 5.41) is 0. The maximum absolute atomic E-state index is 11.8. The molecule has 0 aromatic carbocycles. The lowest BCUT2D eigenvalue weighted by molar-refractivity contribution is -0.152. The number of carbonyl (C=O) groups is 2. The number of rotatable bonds is 4. The van der Waals surface area contributed by atoms with Gasteiger partial charge >= 0.3 is 11.9 Å². The summed E-state index contributed by atoms with van der Waals surface area (Å²) in [6.07, 6.45) is 4.88. The molecule has 5 nitrogen and oxygen atoms in total. The van der Waals surface area contributed by atoms with Crippen LogP contribution in [0.25, 0.3) is 0 Å². The Kier molecular flexibility index (Phi) is 2.47. The van der Waals surface area contributed by atoms with Crippen molar-refractivity contribution in [3.05, 3.63) is 28.6 Å². The Hall–Kier alpha value is -1.91. The van der Waals surface area contributed by atoms with Gasteiger partial charge in [-0.1, -0.05) is 0 Å². The van der Waals surface area contributed by atoms with E-state index in [0.717, 1.165) is 49.1 Å². The molecule has 0 amide bonds. The Bertz CT molecular complexity index is 690. The first kappa shape index (κ1) is 12.6. The number of hydrogen-bond donors (Lipinski definition) is 0. The molecule has 2 atom stereocenters. The van der Waals surface area contributed by atoms with Gasteiger partial charge in [0, 0.05) is 18.5 Å². The normalized spacial score (nSPS) is 27.8. The van der Waals surface area contributed by atoms with Gasteiger partial charge in [0.25, 0.3) is 0 Å². The zero-order valence-electron chi connectivity index (χ0n) is 12.2. The molecule has 2 unspecified atom stereocenters. The van der Waals surface area contributed by atoms with Crippen LogP contribution in [0, 0.1) is 11.8 Å². The molecule has 4 aliphatic rings. The third-order valence-electron chi connectivity index (χ3n) is 5.05. The van der Waals surface area contributed by atoms with E-state index in [4.69, 9.17) is 9.47 Å². The molecule has 2 heterocycles. The summed E-state index contributed by atoms with van der Waals surface area (Å²) >= 11 is 0. The fraction of sp³-hybridized carbons (Fsp3) is 0.588. The molecule has 1 aromatic heterocycles. The van der Waals surface area contributed by atoms with Crippen LogP contribution in [0.3, 0.4) is 0 Å². The second-order valence-corrected chi connectivity index (χ2v) is 6.87. The largest absolute Gasteiger partial charge is 0.457 e. The SMILES string of the molecule is O=C(OC1Cc2nc1cc1c2CC1OC(=O)C1CC1)C1CC1. The second kappa shape index (κ2) is 4.31. The van der Waals surface area contributed by atoms with Gasteiger partial charge in [0.2, 0.25) is 0 Å². The highest BCUT2D eigenvalue weighted by Gasteiger charge is 2.42. The molecule has 5 heteroatoms. The van der Waals surface area contributed by atoms with Gasteiger partial charge in [0.1, 0.15) is 12.2 Å². The summed E-state index contributed by atoms with van der Waals surface area (Å²) in [5.74, 6) is 0.0809. The predicted octanol–water partition coefficient (Wildman–Crippen LogP) is 2.18. The lowest BCUT2D eigenvalue weighted by atomic mass is 9.85. The molecule has 0 N–H and O–H groups in total. The first-order valence-electron chi connectivity index (χ1n) is 8.12. The first-order valence-corrected chi connectivity index (χ1v) is 8.12. The lowest BCUT2D eigenvalue weighted by Gasteiger charge is -2.30. The molecule has 2 saturated carbocycles. The molecule has 5 rings (SSSR count). The third kappa shape index (κ3) is 1.95. The molecule has 114 valence electrons. The van der Waals surface area contributed by atoms with E-state index in [1.54, 1.807) is 0 Å². The molecular weight excluding hydrogens is 282 g/mol. The number of esters is 2. The minimum Gasteiger partial charge on any atom is -0.457 e. The van der Waals surface area contributed by atoms with Crippen LogP contribution in [0.1, 0.15) is 60.4 Å². The van der Waals surface area contributed by atoms with E-state index in [1.807, 2.05) is 6.07 Å². The highest BCUT2D eigenvalue weighted by Crippen LogP contribution is 2.45. The van der Waals surface area contributed by atoms with Crippen molar-refractivity contribution in [1.82, 2.24) is 4.98 Å². The summed E-state index contributed by atoms with van der Waals surface area (Å²) in [4.78, 5) is 28.2. The van der Waals surface area contributed by atoms with Crippen LogP contribution >= 0.6 is 0 Å². The molecule has 0 spiro atoms. The Balaban J connectivity index is 1.32. The zero-order valence-corrected chi connectivity index (χ0v) is 12.2. The number of fused-ring (bicyclic) bond motifs is 4. The lowest BCUT2D eigenvalue weighted by Crippen LogP contribution is -2.25. The van der Waals surface area contributed by atoms with Crippen molar-refractivity contribution in [2.75, 3.05) is 0 Å². The molecule has 0 saturated heterocycles. The van der Waals surface area contributed by atoms with Crippen molar-refractivity contribution >= 4 is 11.9 Å². The maximum atomic E-state index is 11.8. The van der Waals surface area contributed by atoms with Gasteiger partial charge in [-0.15, -0.1) is 0 Å². The van der Waals surface area contributed by atoms with Crippen LogP contribution in [0.4, 0.5) is 0 Å². The van der Waals surface area contributed by atoms with E-state index in [0.29, 0.717) is 6.42 Å². The fourth-order valence-corrected chi connectivity index (χ4v) is 3.29. The topological polar surface area (TPSA) is 65.5 Å². The number of nitrogens with zero attached hydrogens (tertiary/aromatic N) is 1. The number of hydrogen-bond acceptors (Lipinski definition) is 5. The molecule has 2 bridgehead atoms. The van der Waals surface area contributed by atoms with Crippen LogP contribution < -0.4 is 0 Å². The number of pyridine rings is 1. The second-order valence-electron chi connectivity index (χ2n) is 6.87. The summed E-state index contributed by atoms with van der Waals surface area (Å²) in [6, 6.07) is 1.96. The standard InChI is InChI=1S/C17H17NO4/c19-16(8-1-2-8)21-14-6-10-11(14)5-13-15(7-12(10)18-13)22-17(20)9-3-4-9/h5,8-9,14-15H,1-4,6-7H2. The monoisotopic (exact) mass is 299 g/mol. The van der Waals surface area contributed by atoms with Crippen molar-refractivity contribution in [3.63, 3.8) is 0 Å². The summed E-state index contributed by atoms with van der Waals surface area (Å²) < 4.78 is 11.1.